The number of rotatable bonds is 3. The van der Waals surface area contributed by atoms with Crippen LogP contribution in [0.25, 0.3) is 11.3 Å². The van der Waals surface area contributed by atoms with Gasteiger partial charge in [-0.15, -0.1) is 0 Å². The summed E-state index contributed by atoms with van der Waals surface area (Å²) in [6.45, 7) is 8.64. The third-order valence-corrected chi connectivity index (χ3v) is 3.72. The van der Waals surface area contributed by atoms with Crippen molar-refractivity contribution in [3.05, 3.63) is 47.2 Å². The maximum Gasteiger partial charge on any atom is 0.0961 e. The zero-order chi connectivity index (χ0) is 13.1. The van der Waals surface area contributed by atoms with E-state index in [1.54, 1.807) is 0 Å². The van der Waals surface area contributed by atoms with Crippen LogP contribution in [0.3, 0.4) is 0 Å². The molecule has 0 bridgehead atoms. The van der Waals surface area contributed by atoms with Gasteiger partial charge in [-0.05, 0) is 42.9 Å². The van der Waals surface area contributed by atoms with Gasteiger partial charge in [-0.2, -0.15) is 10.2 Å². The molecule has 0 aliphatic heterocycles. The summed E-state index contributed by atoms with van der Waals surface area (Å²) in [4.78, 5) is 0. The number of nitrogens with zero attached hydrogens (tertiary/aromatic N) is 2. The molecule has 0 aliphatic rings. The Morgan fingerprint density at radius 1 is 1.11 bits per heavy atom. The number of hydrogen-bond donors (Lipinski definition) is 0. The van der Waals surface area contributed by atoms with Crippen molar-refractivity contribution in [2.45, 2.75) is 40.0 Å². The average Bonchev–Trinajstić information content (AvgIpc) is 2.41. The average molecular weight is 240 g/mol. The highest BCUT2D eigenvalue weighted by molar-refractivity contribution is 5.63. The molecular formula is C16H20N2. The van der Waals surface area contributed by atoms with E-state index in [1.165, 1.54) is 23.1 Å². The first kappa shape index (κ1) is 12.7. The maximum atomic E-state index is 4.25. The van der Waals surface area contributed by atoms with E-state index in [2.05, 4.69) is 62.2 Å². The van der Waals surface area contributed by atoms with Crippen LogP contribution in [-0.4, -0.2) is 10.2 Å². The summed E-state index contributed by atoms with van der Waals surface area (Å²) in [5.41, 5.74) is 5.92. The van der Waals surface area contributed by atoms with E-state index in [9.17, 15) is 0 Å². The maximum absolute atomic E-state index is 4.25. The van der Waals surface area contributed by atoms with Gasteiger partial charge in [0.25, 0.3) is 0 Å². The number of aromatic nitrogens is 2. The molecular weight excluding hydrogens is 220 g/mol. The van der Waals surface area contributed by atoms with Gasteiger partial charge in [0.15, 0.2) is 0 Å². The summed E-state index contributed by atoms with van der Waals surface area (Å²) in [5, 5.41) is 8.30. The highest BCUT2D eigenvalue weighted by Gasteiger charge is 2.08. The highest BCUT2D eigenvalue weighted by atomic mass is 15.1. The van der Waals surface area contributed by atoms with Crippen LogP contribution in [0.5, 0.6) is 0 Å². The summed E-state index contributed by atoms with van der Waals surface area (Å²) >= 11 is 0. The van der Waals surface area contributed by atoms with Crippen LogP contribution in [-0.2, 0) is 0 Å². The van der Waals surface area contributed by atoms with Crippen molar-refractivity contribution in [2.75, 3.05) is 0 Å². The van der Waals surface area contributed by atoms with Crippen molar-refractivity contribution in [1.82, 2.24) is 10.2 Å². The van der Waals surface area contributed by atoms with Gasteiger partial charge >= 0.3 is 0 Å². The van der Waals surface area contributed by atoms with E-state index >= 15 is 0 Å². The Morgan fingerprint density at radius 3 is 2.39 bits per heavy atom. The normalized spacial score (nSPS) is 12.4. The van der Waals surface area contributed by atoms with Gasteiger partial charge < -0.3 is 0 Å². The van der Waals surface area contributed by atoms with E-state index in [-0.39, 0.29) is 0 Å². The summed E-state index contributed by atoms with van der Waals surface area (Å²) < 4.78 is 0. The molecule has 1 unspecified atom stereocenters. The molecule has 94 valence electrons. The standard InChI is InChI=1S/C16H20N2/c1-5-11(2)14-6-8-15(9-7-14)16-13(4)12(3)10-17-18-16/h6-11H,5H2,1-4H3. The summed E-state index contributed by atoms with van der Waals surface area (Å²) in [6.07, 6.45) is 2.98. The molecule has 0 spiro atoms. The highest BCUT2D eigenvalue weighted by Crippen LogP contribution is 2.25. The molecule has 2 nitrogen and oxygen atoms in total. The van der Waals surface area contributed by atoms with Crippen molar-refractivity contribution >= 4 is 0 Å². The van der Waals surface area contributed by atoms with Crippen LogP contribution < -0.4 is 0 Å². The van der Waals surface area contributed by atoms with Crippen LogP contribution in [0.2, 0.25) is 0 Å². The Kier molecular flexibility index (Phi) is 3.75. The SMILES string of the molecule is CCC(C)c1ccc(-c2nncc(C)c2C)cc1. The van der Waals surface area contributed by atoms with E-state index < -0.39 is 0 Å². The lowest BCUT2D eigenvalue weighted by molar-refractivity contribution is 0.734. The molecule has 1 heterocycles. The van der Waals surface area contributed by atoms with E-state index in [4.69, 9.17) is 0 Å². The smallest absolute Gasteiger partial charge is 0.0961 e. The van der Waals surface area contributed by atoms with Crippen molar-refractivity contribution < 1.29 is 0 Å². The molecule has 0 N–H and O–H groups in total. The van der Waals surface area contributed by atoms with E-state index in [0.29, 0.717) is 5.92 Å². The topological polar surface area (TPSA) is 25.8 Å². The zero-order valence-corrected chi connectivity index (χ0v) is 11.6. The molecule has 2 aromatic rings. The van der Waals surface area contributed by atoms with Crippen LogP contribution in [0, 0.1) is 13.8 Å². The van der Waals surface area contributed by atoms with Gasteiger partial charge in [-0.1, -0.05) is 38.1 Å². The predicted molar refractivity (Wildman–Crippen MR) is 75.6 cm³/mol. The fourth-order valence-corrected chi connectivity index (χ4v) is 2.01. The molecule has 0 aliphatic carbocycles. The van der Waals surface area contributed by atoms with Crippen molar-refractivity contribution in [3.63, 3.8) is 0 Å². The van der Waals surface area contributed by atoms with Gasteiger partial charge in [0, 0.05) is 5.56 Å². The Morgan fingerprint density at radius 2 is 1.78 bits per heavy atom. The van der Waals surface area contributed by atoms with Crippen molar-refractivity contribution in [3.8, 4) is 11.3 Å². The monoisotopic (exact) mass is 240 g/mol. The van der Waals surface area contributed by atoms with Crippen LogP contribution in [0.4, 0.5) is 0 Å². The molecule has 0 fully saturated rings. The first-order valence-electron chi connectivity index (χ1n) is 6.52. The third-order valence-electron chi connectivity index (χ3n) is 3.72. The minimum atomic E-state index is 0.615. The molecule has 0 radical (unpaired) electrons. The second-order valence-electron chi connectivity index (χ2n) is 4.93. The van der Waals surface area contributed by atoms with Crippen molar-refractivity contribution in [2.24, 2.45) is 0 Å². The minimum absolute atomic E-state index is 0.615. The summed E-state index contributed by atoms with van der Waals surface area (Å²) in [5.74, 6) is 0.615. The van der Waals surface area contributed by atoms with Gasteiger partial charge in [0.2, 0.25) is 0 Å². The first-order valence-corrected chi connectivity index (χ1v) is 6.52. The van der Waals surface area contributed by atoms with Crippen molar-refractivity contribution in [1.29, 1.82) is 0 Å². The van der Waals surface area contributed by atoms with E-state index in [1.807, 2.05) is 6.20 Å². The molecule has 1 atom stereocenters. The predicted octanol–water partition coefficient (Wildman–Crippen LogP) is 4.27. The molecule has 1 aromatic heterocycles. The third kappa shape index (κ3) is 2.42. The zero-order valence-electron chi connectivity index (χ0n) is 11.6. The summed E-state index contributed by atoms with van der Waals surface area (Å²) in [7, 11) is 0. The molecule has 2 rings (SSSR count). The molecule has 18 heavy (non-hydrogen) atoms. The lowest BCUT2D eigenvalue weighted by atomic mass is 9.96. The quantitative estimate of drug-likeness (QED) is 0.800. The lowest BCUT2D eigenvalue weighted by Gasteiger charge is -2.11. The fraction of sp³-hybridized carbons (Fsp3) is 0.375. The molecule has 0 amide bonds. The number of hydrogen-bond acceptors (Lipinski definition) is 2. The second-order valence-corrected chi connectivity index (χ2v) is 4.93. The largest absolute Gasteiger partial charge is 0.158 e. The molecule has 0 saturated carbocycles. The number of benzene rings is 1. The Bertz CT molecular complexity index is 529. The van der Waals surface area contributed by atoms with Gasteiger partial charge in [-0.3, -0.25) is 0 Å². The first-order chi connectivity index (χ1) is 8.63. The second kappa shape index (κ2) is 5.30. The van der Waals surface area contributed by atoms with Crippen LogP contribution in [0.1, 0.15) is 42.9 Å². The van der Waals surface area contributed by atoms with Crippen LogP contribution in [0.15, 0.2) is 30.5 Å². The minimum Gasteiger partial charge on any atom is -0.158 e. The Labute approximate surface area is 109 Å². The van der Waals surface area contributed by atoms with E-state index in [0.717, 1.165) is 11.3 Å². The van der Waals surface area contributed by atoms with Gasteiger partial charge in [0.05, 0.1) is 11.9 Å². The molecule has 2 heteroatoms. The Balaban J connectivity index is 2.37. The summed E-state index contributed by atoms with van der Waals surface area (Å²) in [6, 6.07) is 8.70. The molecule has 1 aromatic carbocycles. The molecule has 0 saturated heterocycles. The van der Waals surface area contributed by atoms with Gasteiger partial charge in [-0.25, -0.2) is 0 Å². The van der Waals surface area contributed by atoms with Crippen LogP contribution >= 0.6 is 0 Å². The number of aryl methyl sites for hydroxylation is 1. The fourth-order valence-electron chi connectivity index (χ4n) is 2.01. The van der Waals surface area contributed by atoms with Gasteiger partial charge in [0.1, 0.15) is 0 Å². The Hall–Kier alpha value is -1.70. The lowest BCUT2D eigenvalue weighted by Crippen LogP contribution is -1.95.